The van der Waals surface area contributed by atoms with Gasteiger partial charge in [-0.15, -0.1) is 0 Å². The van der Waals surface area contributed by atoms with E-state index in [4.69, 9.17) is 0 Å². The summed E-state index contributed by atoms with van der Waals surface area (Å²) in [5, 5.41) is 33.2. The molecule has 0 saturated carbocycles. The van der Waals surface area contributed by atoms with Crippen LogP contribution in [0.4, 0.5) is 0 Å². The Hall–Kier alpha value is -1.69. The number of allylic oxidation sites excluding steroid dienone is 8. The fourth-order valence-electron chi connectivity index (χ4n) is 5.21. The van der Waals surface area contributed by atoms with Crippen molar-refractivity contribution in [1.29, 1.82) is 0 Å². The number of aliphatic hydroxyl groups is 3. The van der Waals surface area contributed by atoms with Crippen LogP contribution in [0.1, 0.15) is 168 Å². The summed E-state index contributed by atoms with van der Waals surface area (Å²) in [5.74, 6) is -0.167. The van der Waals surface area contributed by atoms with Gasteiger partial charge in [-0.3, -0.25) is 4.79 Å². The Bertz CT molecular complexity index is 730. The molecular formula is C39H71NO4. The smallest absolute Gasteiger partial charge is 0.220 e. The van der Waals surface area contributed by atoms with Gasteiger partial charge in [0.1, 0.15) is 6.10 Å². The lowest BCUT2D eigenvalue weighted by Crippen LogP contribution is -2.50. The molecule has 0 aromatic rings. The number of unbranched alkanes of at least 4 members (excludes halogenated alkanes) is 17. The zero-order valence-corrected chi connectivity index (χ0v) is 28.8. The van der Waals surface area contributed by atoms with Crippen LogP contribution < -0.4 is 5.32 Å². The van der Waals surface area contributed by atoms with Crippen LogP contribution >= 0.6 is 0 Å². The van der Waals surface area contributed by atoms with Gasteiger partial charge in [0.25, 0.3) is 0 Å². The van der Waals surface area contributed by atoms with E-state index in [0.717, 1.165) is 51.4 Å². The van der Waals surface area contributed by atoms with Gasteiger partial charge in [-0.1, -0.05) is 140 Å². The van der Waals surface area contributed by atoms with E-state index >= 15 is 0 Å². The Balaban J connectivity index is 3.73. The minimum absolute atomic E-state index is 0.167. The second-order valence-corrected chi connectivity index (χ2v) is 12.4. The topological polar surface area (TPSA) is 89.8 Å². The molecule has 0 aliphatic heterocycles. The van der Waals surface area contributed by atoms with Crippen molar-refractivity contribution in [1.82, 2.24) is 5.32 Å². The Kier molecular flexibility index (Phi) is 32.9. The first kappa shape index (κ1) is 42.3. The molecule has 0 radical (unpaired) electrons. The van der Waals surface area contributed by atoms with E-state index in [0.29, 0.717) is 12.8 Å². The van der Waals surface area contributed by atoms with Gasteiger partial charge in [-0.25, -0.2) is 0 Å². The highest BCUT2D eigenvalue weighted by Crippen LogP contribution is 2.13. The van der Waals surface area contributed by atoms with Crippen molar-refractivity contribution in [3.8, 4) is 0 Å². The summed E-state index contributed by atoms with van der Waals surface area (Å²) >= 11 is 0. The van der Waals surface area contributed by atoms with E-state index in [1.54, 1.807) is 0 Å². The second kappa shape index (κ2) is 34.2. The van der Waals surface area contributed by atoms with Crippen molar-refractivity contribution in [2.45, 2.75) is 186 Å². The Morgan fingerprint density at radius 3 is 1.57 bits per heavy atom. The number of hydrogen-bond donors (Lipinski definition) is 4. The predicted molar refractivity (Wildman–Crippen MR) is 190 cm³/mol. The Morgan fingerprint density at radius 1 is 0.568 bits per heavy atom. The highest BCUT2D eigenvalue weighted by Gasteiger charge is 2.26. The molecule has 0 bridgehead atoms. The summed E-state index contributed by atoms with van der Waals surface area (Å²) in [6.07, 6.45) is 42.0. The van der Waals surface area contributed by atoms with Crippen LogP contribution in [0.2, 0.25) is 0 Å². The monoisotopic (exact) mass is 618 g/mol. The maximum atomic E-state index is 12.3. The highest BCUT2D eigenvalue weighted by molar-refractivity contribution is 5.76. The first-order chi connectivity index (χ1) is 21.6. The summed E-state index contributed by atoms with van der Waals surface area (Å²) < 4.78 is 0. The first-order valence-electron chi connectivity index (χ1n) is 18.4. The summed E-state index contributed by atoms with van der Waals surface area (Å²) in [5.41, 5.74) is 0. The van der Waals surface area contributed by atoms with Gasteiger partial charge < -0.3 is 20.6 Å². The number of nitrogens with one attached hydrogen (secondary N) is 1. The average Bonchev–Trinajstić information content (AvgIpc) is 3.03. The number of carbonyl (C=O) groups excluding carboxylic acids is 1. The SMILES string of the molecule is CCCC/C=C/CC/C=C/CCCC(O)C(O)C(CO)NC(=O)CCCCCCCCCCCC/C=C\C=C/CCCCC. The molecule has 5 heteroatoms. The van der Waals surface area contributed by atoms with Crippen molar-refractivity contribution in [3.63, 3.8) is 0 Å². The van der Waals surface area contributed by atoms with Gasteiger partial charge in [0.15, 0.2) is 0 Å². The van der Waals surface area contributed by atoms with Gasteiger partial charge in [0, 0.05) is 6.42 Å². The molecule has 0 aromatic heterocycles. The number of carbonyl (C=O) groups is 1. The van der Waals surface area contributed by atoms with Gasteiger partial charge >= 0.3 is 0 Å². The molecule has 44 heavy (non-hydrogen) atoms. The molecule has 0 heterocycles. The van der Waals surface area contributed by atoms with E-state index in [9.17, 15) is 20.1 Å². The van der Waals surface area contributed by atoms with Crippen LogP contribution in [0.15, 0.2) is 48.6 Å². The molecule has 0 fully saturated rings. The Labute approximate surface area is 272 Å². The van der Waals surface area contributed by atoms with Crippen molar-refractivity contribution in [3.05, 3.63) is 48.6 Å². The molecule has 3 atom stereocenters. The lowest BCUT2D eigenvalue weighted by molar-refractivity contribution is -0.124. The van der Waals surface area contributed by atoms with Crippen molar-refractivity contribution in [2.75, 3.05) is 6.61 Å². The molecule has 5 nitrogen and oxygen atoms in total. The average molecular weight is 618 g/mol. The van der Waals surface area contributed by atoms with Crippen molar-refractivity contribution >= 4 is 5.91 Å². The fourth-order valence-corrected chi connectivity index (χ4v) is 5.21. The minimum Gasteiger partial charge on any atom is -0.394 e. The van der Waals surface area contributed by atoms with E-state index in [-0.39, 0.29) is 12.5 Å². The lowest BCUT2D eigenvalue weighted by Gasteiger charge is -2.26. The maximum Gasteiger partial charge on any atom is 0.220 e. The zero-order chi connectivity index (χ0) is 32.4. The molecule has 0 rings (SSSR count). The lowest BCUT2D eigenvalue weighted by atomic mass is 10.0. The van der Waals surface area contributed by atoms with Crippen molar-refractivity contribution in [2.24, 2.45) is 0 Å². The van der Waals surface area contributed by atoms with Gasteiger partial charge in [0.2, 0.25) is 5.91 Å². The number of amides is 1. The Morgan fingerprint density at radius 2 is 1.02 bits per heavy atom. The third kappa shape index (κ3) is 29.0. The molecule has 0 aromatic carbocycles. The molecule has 0 spiro atoms. The van der Waals surface area contributed by atoms with Crippen LogP contribution in [0.25, 0.3) is 0 Å². The van der Waals surface area contributed by atoms with Gasteiger partial charge in [-0.2, -0.15) is 0 Å². The molecule has 3 unspecified atom stereocenters. The molecule has 0 aliphatic rings. The van der Waals surface area contributed by atoms with Crippen LogP contribution in [0, 0.1) is 0 Å². The second-order valence-electron chi connectivity index (χ2n) is 12.4. The normalized spacial score (nSPS) is 14.4. The highest BCUT2D eigenvalue weighted by atomic mass is 16.3. The van der Waals surface area contributed by atoms with Crippen LogP contribution in [-0.2, 0) is 4.79 Å². The molecule has 256 valence electrons. The molecule has 4 N–H and O–H groups in total. The predicted octanol–water partition coefficient (Wildman–Crippen LogP) is 9.81. The van der Waals surface area contributed by atoms with Gasteiger partial charge in [-0.05, 0) is 70.6 Å². The van der Waals surface area contributed by atoms with E-state index in [1.165, 1.54) is 89.9 Å². The number of hydrogen-bond acceptors (Lipinski definition) is 4. The molecule has 0 saturated heterocycles. The zero-order valence-electron chi connectivity index (χ0n) is 28.8. The van der Waals surface area contributed by atoms with E-state index in [2.05, 4.69) is 67.8 Å². The quantitative estimate of drug-likeness (QED) is 0.0344. The first-order valence-corrected chi connectivity index (χ1v) is 18.4. The summed E-state index contributed by atoms with van der Waals surface area (Å²) in [7, 11) is 0. The van der Waals surface area contributed by atoms with Crippen LogP contribution in [0.3, 0.4) is 0 Å². The summed E-state index contributed by atoms with van der Waals surface area (Å²) in [4.78, 5) is 12.3. The third-order valence-corrected chi connectivity index (χ3v) is 8.16. The largest absolute Gasteiger partial charge is 0.394 e. The van der Waals surface area contributed by atoms with Crippen LogP contribution in [-0.4, -0.2) is 46.1 Å². The number of aliphatic hydroxyl groups excluding tert-OH is 3. The number of rotatable bonds is 32. The summed E-state index contributed by atoms with van der Waals surface area (Å²) in [6.45, 7) is 4.06. The third-order valence-electron chi connectivity index (χ3n) is 8.16. The molecular weight excluding hydrogens is 546 g/mol. The maximum absolute atomic E-state index is 12.3. The van der Waals surface area contributed by atoms with Gasteiger partial charge in [0.05, 0.1) is 18.8 Å². The molecule has 1 amide bonds. The van der Waals surface area contributed by atoms with E-state index < -0.39 is 18.2 Å². The fraction of sp³-hybridized carbons (Fsp3) is 0.769. The summed E-state index contributed by atoms with van der Waals surface area (Å²) in [6, 6.07) is -0.833. The van der Waals surface area contributed by atoms with E-state index in [1.807, 2.05) is 0 Å². The standard InChI is InChI=1S/C39H71NO4/c1-3-5-7-9-11-13-15-16-17-18-19-20-21-22-24-26-28-30-32-34-38(43)40-36(35-41)39(44)37(42)33-31-29-27-25-23-14-12-10-8-6-4-2/h10-13,15-16,25,27,36-37,39,41-42,44H,3-9,14,17-24,26,28-35H2,1-2H3,(H,40,43)/b12-10+,13-11-,16-15-,27-25+. The minimum atomic E-state index is -1.17. The van der Waals surface area contributed by atoms with Crippen molar-refractivity contribution < 1.29 is 20.1 Å². The molecule has 0 aliphatic carbocycles. The van der Waals surface area contributed by atoms with Crippen LogP contribution in [0.5, 0.6) is 0 Å².